The molecule has 1 unspecified atom stereocenters. The standard InChI is InChI=1S/C23H31N3O3S2/c1-18(20-10-6-3-7-11-20)25-31(28,29)15-13-23-21-17-30(27)14-12-22(21)24-26(23)16-19-8-4-2-5-9-19/h2,4-5,8-9,13,15,18,20,25H,3,6-7,10-12,14,16-17H2,1H3/t18-,30?/m0/s1. The average Bonchev–Trinajstić information content (AvgIpc) is 3.09. The maximum absolute atomic E-state index is 12.8. The first-order valence-electron chi connectivity index (χ1n) is 11.1. The molecule has 8 heteroatoms. The van der Waals surface area contributed by atoms with Crippen LogP contribution in [0.15, 0.2) is 35.7 Å². The van der Waals surface area contributed by atoms with Crippen molar-refractivity contribution in [2.24, 2.45) is 5.92 Å². The third-order valence-electron chi connectivity index (χ3n) is 6.34. The Morgan fingerprint density at radius 3 is 2.71 bits per heavy atom. The summed E-state index contributed by atoms with van der Waals surface area (Å²) in [6, 6.07) is 9.89. The number of fused-ring (bicyclic) bond motifs is 1. The van der Waals surface area contributed by atoms with E-state index in [0.717, 1.165) is 35.4 Å². The van der Waals surface area contributed by atoms with E-state index in [9.17, 15) is 12.6 Å². The van der Waals surface area contributed by atoms with Gasteiger partial charge in [-0.25, -0.2) is 13.1 Å². The predicted octanol–water partition coefficient (Wildman–Crippen LogP) is 3.60. The van der Waals surface area contributed by atoms with Crippen molar-refractivity contribution in [1.29, 1.82) is 0 Å². The second kappa shape index (κ2) is 9.79. The predicted molar refractivity (Wildman–Crippen MR) is 125 cm³/mol. The van der Waals surface area contributed by atoms with E-state index in [1.165, 1.54) is 24.7 Å². The summed E-state index contributed by atoms with van der Waals surface area (Å²) < 4.78 is 42.5. The van der Waals surface area contributed by atoms with Crippen molar-refractivity contribution in [2.45, 2.75) is 63.8 Å². The SMILES string of the molecule is C[C@H](NS(=O)(=O)C=Cc1c2c(nn1Cc1ccccc1)CCS(=O)C2)C1CCCCC1. The summed E-state index contributed by atoms with van der Waals surface area (Å²) in [5, 5.41) is 5.98. The van der Waals surface area contributed by atoms with Gasteiger partial charge in [0.25, 0.3) is 0 Å². The van der Waals surface area contributed by atoms with Crippen molar-refractivity contribution in [3.05, 3.63) is 58.3 Å². The highest BCUT2D eigenvalue weighted by molar-refractivity contribution is 7.92. The molecule has 0 radical (unpaired) electrons. The minimum atomic E-state index is -3.58. The molecule has 2 atom stereocenters. The summed E-state index contributed by atoms with van der Waals surface area (Å²) in [6.45, 7) is 2.51. The Morgan fingerprint density at radius 1 is 1.23 bits per heavy atom. The van der Waals surface area contributed by atoms with Crippen LogP contribution in [0.25, 0.3) is 6.08 Å². The van der Waals surface area contributed by atoms with E-state index in [2.05, 4.69) is 4.72 Å². The zero-order chi connectivity index (χ0) is 21.8. The zero-order valence-corrected chi connectivity index (χ0v) is 19.6. The Morgan fingerprint density at radius 2 is 1.97 bits per heavy atom. The molecule has 1 aliphatic heterocycles. The van der Waals surface area contributed by atoms with Crippen LogP contribution >= 0.6 is 0 Å². The third kappa shape index (κ3) is 5.73. The minimum Gasteiger partial charge on any atom is -0.260 e. The molecule has 1 saturated carbocycles. The fourth-order valence-electron chi connectivity index (χ4n) is 4.61. The first kappa shape index (κ1) is 22.4. The molecule has 168 valence electrons. The van der Waals surface area contributed by atoms with Gasteiger partial charge in [-0.3, -0.25) is 8.89 Å². The van der Waals surface area contributed by atoms with Gasteiger partial charge in [-0.05, 0) is 37.3 Å². The van der Waals surface area contributed by atoms with Crippen molar-refractivity contribution in [3.8, 4) is 0 Å². The van der Waals surface area contributed by atoms with Gasteiger partial charge in [0.05, 0.1) is 23.7 Å². The van der Waals surface area contributed by atoms with Gasteiger partial charge in [-0.15, -0.1) is 0 Å². The molecule has 0 amide bonds. The number of aryl methyl sites for hydroxylation is 1. The number of aromatic nitrogens is 2. The van der Waals surface area contributed by atoms with E-state index in [-0.39, 0.29) is 6.04 Å². The van der Waals surface area contributed by atoms with Crippen molar-refractivity contribution < 1.29 is 12.6 Å². The zero-order valence-electron chi connectivity index (χ0n) is 18.0. The molecule has 2 aliphatic rings. The highest BCUT2D eigenvalue weighted by atomic mass is 32.2. The molecular weight excluding hydrogens is 430 g/mol. The summed E-state index contributed by atoms with van der Waals surface area (Å²) in [5.74, 6) is 1.43. The normalized spacial score (nSPS) is 21.3. The Kier molecular flexibility index (Phi) is 7.08. The van der Waals surface area contributed by atoms with Crippen molar-refractivity contribution in [3.63, 3.8) is 0 Å². The van der Waals surface area contributed by atoms with E-state index >= 15 is 0 Å². The van der Waals surface area contributed by atoms with Crippen LogP contribution < -0.4 is 4.72 Å². The van der Waals surface area contributed by atoms with Crippen LogP contribution in [0.5, 0.6) is 0 Å². The molecule has 1 aliphatic carbocycles. The van der Waals surface area contributed by atoms with Gasteiger partial charge in [0.1, 0.15) is 0 Å². The number of sulfonamides is 1. The second-order valence-electron chi connectivity index (χ2n) is 8.64. The van der Waals surface area contributed by atoms with Crippen LogP contribution in [-0.4, -0.2) is 34.2 Å². The van der Waals surface area contributed by atoms with Crippen LogP contribution in [0.3, 0.4) is 0 Å². The summed E-state index contributed by atoms with van der Waals surface area (Å²) in [4.78, 5) is 0. The summed E-state index contributed by atoms with van der Waals surface area (Å²) in [5.41, 5.74) is 3.66. The average molecular weight is 462 g/mol. The molecule has 6 nitrogen and oxygen atoms in total. The lowest BCUT2D eigenvalue weighted by Gasteiger charge is -2.27. The summed E-state index contributed by atoms with van der Waals surface area (Å²) >= 11 is 0. The number of nitrogens with zero attached hydrogens (tertiary/aromatic N) is 2. The molecular formula is C23H31N3O3S2. The van der Waals surface area contributed by atoms with E-state index in [4.69, 9.17) is 5.10 Å². The van der Waals surface area contributed by atoms with Crippen LogP contribution in [0, 0.1) is 5.92 Å². The Bertz CT molecular complexity index is 1060. The third-order valence-corrected chi connectivity index (χ3v) is 8.80. The van der Waals surface area contributed by atoms with Gasteiger partial charge in [-0.1, -0.05) is 49.6 Å². The van der Waals surface area contributed by atoms with Gasteiger partial charge in [0.2, 0.25) is 10.0 Å². The van der Waals surface area contributed by atoms with Gasteiger partial charge >= 0.3 is 0 Å². The molecule has 2 aromatic rings. The highest BCUT2D eigenvalue weighted by Gasteiger charge is 2.25. The maximum Gasteiger partial charge on any atom is 0.234 e. The van der Waals surface area contributed by atoms with E-state index in [1.807, 2.05) is 41.9 Å². The number of rotatable bonds is 7. The van der Waals surface area contributed by atoms with E-state index in [1.54, 1.807) is 6.08 Å². The Hall–Kier alpha value is -1.77. The lowest BCUT2D eigenvalue weighted by Crippen LogP contribution is -2.37. The van der Waals surface area contributed by atoms with Crippen LogP contribution in [0.2, 0.25) is 0 Å². The molecule has 1 fully saturated rings. The molecule has 4 rings (SSSR count). The summed E-state index contributed by atoms with van der Waals surface area (Å²) in [7, 11) is -4.52. The molecule has 1 aromatic carbocycles. The lowest BCUT2D eigenvalue weighted by molar-refractivity contribution is 0.303. The topological polar surface area (TPSA) is 81.1 Å². The van der Waals surface area contributed by atoms with Crippen molar-refractivity contribution >= 4 is 26.9 Å². The molecule has 0 spiro atoms. The molecule has 1 aromatic heterocycles. The number of benzene rings is 1. The largest absolute Gasteiger partial charge is 0.260 e. The number of hydrogen-bond acceptors (Lipinski definition) is 4. The molecule has 0 bridgehead atoms. The first-order chi connectivity index (χ1) is 14.9. The first-order valence-corrected chi connectivity index (χ1v) is 14.1. The molecule has 2 heterocycles. The van der Waals surface area contributed by atoms with Gasteiger partial charge in [0.15, 0.2) is 0 Å². The van der Waals surface area contributed by atoms with Crippen LogP contribution in [0.1, 0.15) is 61.5 Å². The number of nitrogens with one attached hydrogen (secondary N) is 1. The number of hydrogen-bond donors (Lipinski definition) is 1. The quantitative estimate of drug-likeness (QED) is 0.683. The maximum atomic E-state index is 12.8. The lowest BCUT2D eigenvalue weighted by atomic mass is 9.85. The van der Waals surface area contributed by atoms with Crippen molar-refractivity contribution in [1.82, 2.24) is 14.5 Å². The minimum absolute atomic E-state index is 0.0781. The Labute approximate surface area is 187 Å². The monoisotopic (exact) mass is 461 g/mol. The second-order valence-corrected chi connectivity index (χ2v) is 11.8. The van der Waals surface area contributed by atoms with Gasteiger partial charge in [0, 0.05) is 40.0 Å². The highest BCUT2D eigenvalue weighted by Crippen LogP contribution is 2.27. The smallest absolute Gasteiger partial charge is 0.234 e. The molecule has 0 saturated heterocycles. The van der Waals surface area contributed by atoms with Gasteiger partial charge in [-0.2, -0.15) is 5.10 Å². The molecule has 1 N–H and O–H groups in total. The van der Waals surface area contributed by atoms with Crippen LogP contribution in [0.4, 0.5) is 0 Å². The van der Waals surface area contributed by atoms with E-state index in [0.29, 0.717) is 30.4 Å². The van der Waals surface area contributed by atoms with Crippen LogP contribution in [-0.2, 0) is 39.5 Å². The van der Waals surface area contributed by atoms with Crippen molar-refractivity contribution in [2.75, 3.05) is 5.75 Å². The summed E-state index contributed by atoms with van der Waals surface area (Å²) in [6.07, 6.45) is 8.05. The molecule has 31 heavy (non-hydrogen) atoms. The van der Waals surface area contributed by atoms with E-state index < -0.39 is 20.8 Å². The fraction of sp³-hybridized carbons (Fsp3) is 0.522. The fourth-order valence-corrected chi connectivity index (χ4v) is 6.91. The van der Waals surface area contributed by atoms with Gasteiger partial charge < -0.3 is 0 Å². The Balaban J connectivity index is 1.57.